The molecule has 2 aromatic carbocycles. The summed E-state index contributed by atoms with van der Waals surface area (Å²) in [4.78, 5) is 12.5. The highest BCUT2D eigenvalue weighted by Gasteiger charge is 2.26. The van der Waals surface area contributed by atoms with Crippen LogP contribution in [-0.2, 0) is 14.8 Å². The highest BCUT2D eigenvalue weighted by molar-refractivity contribution is 7.92. The Hall–Kier alpha value is -2.16. The number of carbonyl (C=O) groups is 1. The van der Waals surface area contributed by atoms with Gasteiger partial charge in [-0.3, -0.25) is 9.10 Å². The van der Waals surface area contributed by atoms with Crippen molar-refractivity contribution in [3.8, 4) is 11.5 Å². The molecule has 0 atom stereocenters. The minimum Gasteiger partial charge on any atom is -0.495 e. The molecule has 0 unspecified atom stereocenters. The predicted molar refractivity (Wildman–Crippen MR) is 112 cm³/mol. The number of sulfonamides is 1. The van der Waals surface area contributed by atoms with Crippen molar-refractivity contribution in [1.29, 1.82) is 0 Å². The summed E-state index contributed by atoms with van der Waals surface area (Å²) in [6, 6.07) is 7.84. The minimum atomic E-state index is -3.82. The molecule has 152 valence electrons. The average Bonchev–Trinajstić information content (AvgIpc) is 2.62. The van der Waals surface area contributed by atoms with Gasteiger partial charge in [0.05, 0.1) is 31.2 Å². The largest absolute Gasteiger partial charge is 0.495 e. The molecule has 0 heterocycles. The summed E-state index contributed by atoms with van der Waals surface area (Å²) in [5, 5.41) is 3.37. The van der Waals surface area contributed by atoms with Gasteiger partial charge in [0.25, 0.3) is 0 Å². The third-order valence-electron chi connectivity index (χ3n) is 3.87. The molecule has 7 nitrogen and oxygen atoms in total. The quantitative estimate of drug-likeness (QED) is 0.700. The van der Waals surface area contributed by atoms with Gasteiger partial charge in [-0.1, -0.05) is 29.3 Å². The van der Waals surface area contributed by atoms with E-state index in [1.807, 2.05) is 6.92 Å². The number of nitrogens with zero attached hydrogens (tertiary/aromatic N) is 1. The Morgan fingerprint density at radius 2 is 1.71 bits per heavy atom. The summed E-state index contributed by atoms with van der Waals surface area (Å²) in [6.45, 7) is 1.35. The lowest BCUT2D eigenvalue weighted by Crippen LogP contribution is -2.37. The van der Waals surface area contributed by atoms with E-state index in [0.717, 1.165) is 16.1 Å². The van der Waals surface area contributed by atoms with Gasteiger partial charge in [0.15, 0.2) is 0 Å². The van der Waals surface area contributed by atoms with Crippen molar-refractivity contribution >= 4 is 50.5 Å². The summed E-state index contributed by atoms with van der Waals surface area (Å²) >= 11 is 12.1. The van der Waals surface area contributed by atoms with Crippen molar-refractivity contribution in [2.75, 3.05) is 36.6 Å². The maximum absolute atomic E-state index is 12.5. The summed E-state index contributed by atoms with van der Waals surface area (Å²) < 4.78 is 36.0. The standard InChI is InChI=1S/C18H20Cl2N2O5S/c1-11-5-6-12(7-13(11)19)21-18(23)10-22(28(4,24)25)15-9-16(26-2)14(20)8-17(15)27-3/h5-9H,10H2,1-4H3,(H,21,23). The van der Waals surface area contributed by atoms with Crippen LogP contribution in [0.5, 0.6) is 11.5 Å². The fraction of sp³-hybridized carbons (Fsp3) is 0.278. The molecule has 0 radical (unpaired) electrons. The van der Waals surface area contributed by atoms with Gasteiger partial charge in [-0.25, -0.2) is 8.42 Å². The summed E-state index contributed by atoms with van der Waals surface area (Å²) in [6.07, 6.45) is 0.990. The molecule has 0 saturated heterocycles. The Morgan fingerprint density at radius 3 is 2.25 bits per heavy atom. The van der Waals surface area contributed by atoms with Crippen molar-refractivity contribution in [2.24, 2.45) is 0 Å². The second-order valence-electron chi connectivity index (χ2n) is 5.94. The second-order valence-corrected chi connectivity index (χ2v) is 8.66. The number of ether oxygens (including phenoxy) is 2. The van der Waals surface area contributed by atoms with Crippen LogP contribution in [0.15, 0.2) is 30.3 Å². The molecular formula is C18H20Cl2N2O5S. The number of anilines is 2. The highest BCUT2D eigenvalue weighted by Crippen LogP contribution is 2.39. The zero-order valence-corrected chi connectivity index (χ0v) is 18.1. The normalized spacial score (nSPS) is 11.1. The maximum Gasteiger partial charge on any atom is 0.245 e. The zero-order chi connectivity index (χ0) is 21.1. The van der Waals surface area contributed by atoms with Crippen LogP contribution in [0.1, 0.15) is 5.56 Å². The summed E-state index contributed by atoms with van der Waals surface area (Å²) in [5.41, 5.74) is 1.44. The molecule has 10 heteroatoms. The minimum absolute atomic E-state index is 0.128. The number of hydrogen-bond acceptors (Lipinski definition) is 5. The van der Waals surface area contributed by atoms with Crippen LogP contribution in [0, 0.1) is 6.92 Å². The number of amides is 1. The molecule has 28 heavy (non-hydrogen) atoms. The molecule has 0 saturated carbocycles. The van der Waals surface area contributed by atoms with Gasteiger partial charge in [-0.15, -0.1) is 0 Å². The summed E-state index contributed by atoms with van der Waals surface area (Å²) in [7, 11) is -1.05. The Kier molecular flexibility index (Phi) is 7.03. The van der Waals surface area contributed by atoms with Crippen LogP contribution < -0.4 is 19.1 Å². The summed E-state index contributed by atoms with van der Waals surface area (Å²) in [5.74, 6) is -0.124. The third-order valence-corrected chi connectivity index (χ3v) is 5.69. The van der Waals surface area contributed by atoms with Crippen molar-refractivity contribution < 1.29 is 22.7 Å². The predicted octanol–water partition coefficient (Wildman–Crippen LogP) is 3.72. The number of rotatable bonds is 7. The SMILES string of the molecule is COc1cc(N(CC(=O)Nc2ccc(C)c(Cl)c2)S(C)(=O)=O)c(OC)cc1Cl. The number of benzene rings is 2. The van der Waals surface area contributed by atoms with Gasteiger partial charge < -0.3 is 14.8 Å². The second kappa shape index (κ2) is 8.89. The van der Waals surface area contributed by atoms with E-state index in [9.17, 15) is 13.2 Å². The maximum atomic E-state index is 12.5. The molecule has 1 N–H and O–H groups in total. The van der Waals surface area contributed by atoms with Gasteiger partial charge in [-0.05, 0) is 24.6 Å². The molecule has 0 bridgehead atoms. The molecule has 0 aromatic heterocycles. The Morgan fingerprint density at radius 1 is 1.07 bits per heavy atom. The molecule has 0 aliphatic rings. The molecule has 2 aromatic rings. The van der Waals surface area contributed by atoms with Crippen molar-refractivity contribution in [3.63, 3.8) is 0 Å². The van der Waals surface area contributed by atoms with E-state index < -0.39 is 22.5 Å². The highest BCUT2D eigenvalue weighted by atomic mass is 35.5. The molecule has 0 aliphatic heterocycles. The van der Waals surface area contributed by atoms with Gasteiger partial charge in [0, 0.05) is 22.8 Å². The Labute approximate surface area is 174 Å². The van der Waals surface area contributed by atoms with Crippen LogP contribution in [0.25, 0.3) is 0 Å². The zero-order valence-electron chi connectivity index (χ0n) is 15.7. The first-order valence-corrected chi connectivity index (χ1v) is 10.6. The lowest BCUT2D eigenvalue weighted by Gasteiger charge is -2.24. The van der Waals surface area contributed by atoms with E-state index >= 15 is 0 Å². The van der Waals surface area contributed by atoms with E-state index in [0.29, 0.717) is 10.7 Å². The van der Waals surface area contributed by atoms with E-state index in [2.05, 4.69) is 5.32 Å². The molecule has 0 spiro atoms. The number of methoxy groups -OCH3 is 2. The number of nitrogens with one attached hydrogen (secondary N) is 1. The van der Waals surface area contributed by atoms with Crippen LogP contribution in [0.3, 0.4) is 0 Å². The topological polar surface area (TPSA) is 84.9 Å². The molecule has 0 fully saturated rings. The fourth-order valence-electron chi connectivity index (χ4n) is 2.42. The Bertz CT molecular complexity index is 996. The molecule has 2 rings (SSSR count). The van der Waals surface area contributed by atoms with Crippen LogP contribution >= 0.6 is 23.2 Å². The average molecular weight is 447 g/mol. The van der Waals surface area contributed by atoms with Gasteiger partial charge in [0.2, 0.25) is 15.9 Å². The number of hydrogen-bond donors (Lipinski definition) is 1. The first-order valence-electron chi connectivity index (χ1n) is 8.02. The number of halogens is 2. The van der Waals surface area contributed by atoms with Gasteiger partial charge in [-0.2, -0.15) is 0 Å². The van der Waals surface area contributed by atoms with E-state index in [1.165, 1.54) is 26.4 Å². The number of carbonyl (C=O) groups excluding carboxylic acids is 1. The van der Waals surface area contributed by atoms with Crippen LogP contribution in [0.4, 0.5) is 11.4 Å². The molecular weight excluding hydrogens is 427 g/mol. The van der Waals surface area contributed by atoms with Crippen LogP contribution in [-0.4, -0.2) is 41.3 Å². The first kappa shape index (κ1) is 22.1. The monoisotopic (exact) mass is 446 g/mol. The van der Waals surface area contributed by atoms with Gasteiger partial charge in [0.1, 0.15) is 18.0 Å². The lowest BCUT2D eigenvalue weighted by atomic mass is 10.2. The van der Waals surface area contributed by atoms with Crippen molar-refractivity contribution in [1.82, 2.24) is 0 Å². The smallest absolute Gasteiger partial charge is 0.245 e. The van der Waals surface area contributed by atoms with E-state index in [4.69, 9.17) is 32.7 Å². The fourth-order valence-corrected chi connectivity index (χ4v) is 3.68. The Balaban J connectivity index is 2.37. The lowest BCUT2D eigenvalue weighted by molar-refractivity contribution is -0.114. The molecule has 1 amide bonds. The number of aryl methyl sites for hydroxylation is 1. The van der Waals surface area contributed by atoms with Crippen LogP contribution in [0.2, 0.25) is 10.0 Å². The molecule has 0 aliphatic carbocycles. The van der Waals surface area contributed by atoms with E-state index in [1.54, 1.807) is 18.2 Å². The third kappa shape index (κ3) is 5.21. The van der Waals surface area contributed by atoms with Crippen molar-refractivity contribution in [3.05, 3.63) is 45.9 Å². The van der Waals surface area contributed by atoms with E-state index in [-0.39, 0.29) is 22.2 Å². The van der Waals surface area contributed by atoms with Crippen molar-refractivity contribution in [2.45, 2.75) is 6.92 Å². The first-order chi connectivity index (χ1) is 13.1. The van der Waals surface area contributed by atoms with Gasteiger partial charge >= 0.3 is 0 Å².